The minimum absolute atomic E-state index is 0.150. The Hall–Kier alpha value is -2.42. The summed E-state index contributed by atoms with van der Waals surface area (Å²) >= 11 is 12.1. The van der Waals surface area contributed by atoms with Gasteiger partial charge >= 0.3 is 0 Å². The van der Waals surface area contributed by atoms with Gasteiger partial charge in [0.25, 0.3) is 0 Å². The number of hydrogen-bond acceptors (Lipinski definition) is 2. The minimum Gasteiger partial charge on any atom is -0.294 e. The zero-order chi connectivity index (χ0) is 19.4. The maximum Gasteiger partial charge on any atom is 0.164 e. The molecule has 0 fully saturated rings. The molecule has 0 amide bonds. The van der Waals surface area contributed by atoms with Crippen molar-refractivity contribution in [2.45, 2.75) is 25.7 Å². The van der Waals surface area contributed by atoms with E-state index in [4.69, 9.17) is 23.2 Å². The molecule has 0 bridgehead atoms. The Morgan fingerprint density at radius 2 is 0.857 bits per heavy atom. The average Bonchev–Trinajstić information content (AvgIpc) is 3.26. The number of hydrogen-bond donors (Lipinski definition) is 0. The quantitative estimate of drug-likeness (QED) is 0.481. The summed E-state index contributed by atoms with van der Waals surface area (Å²) < 4.78 is 0. The van der Waals surface area contributed by atoms with E-state index in [0.717, 1.165) is 44.5 Å². The summed E-state index contributed by atoms with van der Waals surface area (Å²) in [5.74, 6) is 0.301. The van der Waals surface area contributed by atoms with Crippen molar-refractivity contribution < 1.29 is 9.59 Å². The first-order valence-corrected chi connectivity index (χ1v) is 10.1. The molecule has 3 aromatic carbocycles. The molecule has 2 nitrogen and oxygen atoms in total. The standard InChI is InChI=1S/C24H16Cl2O2/c25-15-5-1-13(2-6-15)21-17-9-11-20(28)24(17)22(14-3-7-16(26)8-4-14)18-10-12-19(27)23(18)21/h1-8H,9-12H2. The molecule has 3 aromatic rings. The highest BCUT2D eigenvalue weighted by molar-refractivity contribution is 6.31. The third-order valence-corrected chi connectivity index (χ3v) is 6.24. The second-order valence-corrected chi connectivity index (χ2v) is 8.19. The van der Waals surface area contributed by atoms with Crippen LogP contribution in [-0.2, 0) is 12.8 Å². The highest BCUT2D eigenvalue weighted by atomic mass is 35.5. The number of Topliss-reactive ketones (excluding diaryl/α,β-unsaturated/α-hetero) is 2. The maximum atomic E-state index is 12.9. The van der Waals surface area contributed by atoms with E-state index in [1.165, 1.54) is 0 Å². The molecule has 0 saturated carbocycles. The van der Waals surface area contributed by atoms with Crippen LogP contribution in [0.3, 0.4) is 0 Å². The third kappa shape index (κ3) is 2.63. The molecule has 2 aliphatic carbocycles. The molecule has 0 heterocycles. The summed E-state index contributed by atoms with van der Waals surface area (Å²) in [5, 5.41) is 1.30. The van der Waals surface area contributed by atoms with Crippen molar-refractivity contribution in [3.05, 3.63) is 80.8 Å². The van der Waals surface area contributed by atoms with Crippen LogP contribution < -0.4 is 0 Å². The van der Waals surface area contributed by atoms with E-state index in [1.54, 1.807) is 0 Å². The lowest BCUT2D eigenvalue weighted by Gasteiger charge is -2.19. The Morgan fingerprint density at radius 3 is 1.21 bits per heavy atom. The van der Waals surface area contributed by atoms with E-state index in [9.17, 15) is 9.59 Å². The smallest absolute Gasteiger partial charge is 0.164 e. The monoisotopic (exact) mass is 406 g/mol. The highest BCUT2D eigenvalue weighted by Crippen LogP contribution is 2.47. The summed E-state index contributed by atoms with van der Waals surface area (Å²) in [6.45, 7) is 0. The van der Waals surface area contributed by atoms with Gasteiger partial charge in [-0.05, 0) is 70.5 Å². The molecule has 138 valence electrons. The Labute approximate surface area is 173 Å². The molecular formula is C24H16Cl2O2. The molecule has 2 aliphatic rings. The second-order valence-electron chi connectivity index (χ2n) is 7.32. The zero-order valence-electron chi connectivity index (χ0n) is 15.0. The van der Waals surface area contributed by atoms with E-state index in [0.29, 0.717) is 35.7 Å². The fourth-order valence-electron chi connectivity index (χ4n) is 4.57. The topological polar surface area (TPSA) is 34.1 Å². The Balaban J connectivity index is 1.88. The van der Waals surface area contributed by atoms with Crippen molar-refractivity contribution in [2.75, 3.05) is 0 Å². The molecule has 0 radical (unpaired) electrons. The first kappa shape index (κ1) is 17.7. The lowest BCUT2D eigenvalue weighted by molar-refractivity contribution is 0.0986. The fourth-order valence-corrected chi connectivity index (χ4v) is 4.82. The number of rotatable bonds is 2. The maximum absolute atomic E-state index is 12.9. The molecule has 0 aliphatic heterocycles. The molecular weight excluding hydrogens is 391 g/mol. The van der Waals surface area contributed by atoms with Gasteiger partial charge in [0.2, 0.25) is 0 Å². The van der Waals surface area contributed by atoms with Crippen molar-refractivity contribution in [2.24, 2.45) is 0 Å². The fraction of sp³-hybridized carbons (Fsp3) is 0.167. The van der Waals surface area contributed by atoms with Crippen molar-refractivity contribution >= 4 is 34.8 Å². The van der Waals surface area contributed by atoms with E-state index in [2.05, 4.69) is 0 Å². The largest absolute Gasteiger partial charge is 0.294 e. The summed E-state index contributed by atoms with van der Waals surface area (Å²) in [6, 6.07) is 15.1. The normalized spacial score (nSPS) is 15.1. The molecule has 5 rings (SSSR count). The molecule has 4 heteroatoms. The second kappa shape index (κ2) is 6.58. The lowest BCUT2D eigenvalue weighted by atomic mass is 9.83. The van der Waals surface area contributed by atoms with Crippen LogP contribution in [0.2, 0.25) is 10.0 Å². The molecule has 0 unspecified atom stereocenters. The van der Waals surface area contributed by atoms with Crippen LogP contribution in [0.15, 0.2) is 48.5 Å². The van der Waals surface area contributed by atoms with Crippen molar-refractivity contribution in [1.82, 2.24) is 0 Å². The van der Waals surface area contributed by atoms with Gasteiger partial charge in [0.1, 0.15) is 0 Å². The van der Waals surface area contributed by atoms with Crippen LogP contribution in [-0.4, -0.2) is 11.6 Å². The van der Waals surface area contributed by atoms with Gasteiger partial charge in [0.05, 0.1) is 0 Å². The number of fused-ring (bicyclic) bond motifs is 2. The Morgan fingerprint density at radius 1 is 0.500 bits per heavy atom. The molecule has 0 N–H and O–H groups in total. The van der Waals surface area contributed by atoms with E-state index in [-0.39, 0.29) is 11.6 Å². The van der Waals surface area contributed by atoms with Crippen molar-refractivity contribution in [3.8, 4) is 22.3 Å². The zero-order valence-corrected chi connectivity index (χ0v) is 16.5. The van der Waals surface area contributed by atoms with Crippen LogP contribution >= 0.6 is 23.2 Å². The molecule has 0 spiro atoms. The third-order valence-electron chi connectivity index (χ3n) is 5.73. The Kier molecular flexibility index (Phi) is 4.15. The Bertz CT molecular complexity index is 1050. The summed E-state index contributed by atoms with van der Waals surface area (Å²) in [6.07, 6.45) is 2.28. The van der Waals surface area contributed by atoms with Gasteiger partial charge in [-0.2, -0.15) is 0 Å². The van der Waals surface area contributed by atoms with Crippen LogP contribution in [0.4, 0.5) is 0 Å². The van der Waals surface area contributed by atoms with Gasteiger partial charge in [-0.25, -0.2) is 0 Å². The SMILES string of the molecule is O=C1CCc2c1c(-c1ccc(Cl)cc1)c1c(c2-c2ccc(Cl)cc2)C(=O)CC1. The van der Waals surface area contributed by atoms with Crippen LogP contribution in [0, 0.1) is 0 Å². The minimum atomic E-state index is 0.150. The molecule has 28 heavy (non-hydrogen) atoms. The first-order valence-electron chi connectivity index (χ1n) is 9.34. The van der Waals surface area contributed by atoms with Gasteiger partial charge in [-0.15, -0.1) is 0 Å². The number of halogens is 2. The van der Waals surface area contributed by atoms with E-state index in [1.807, 2.05) is 48.5 Å². The molecule has 0 aromatic heterocycles. The van der Waals surface area contributed by atoms with Crippen molar-refractivity contribution in [1.29, 1.82) is 0 Å². The summed E-state index contributed by atoms with van der Waals surface area (Å²) in [5.41, 5.74) is 7.29. The molecule has 0 atom stereocenters. The number of carbonyl (C=O) groups is 2. The van der Waals surface area contributed by atoms with Gasteiger partial charge < -0.3 is 0 Å². The lowest BCUT2D eigenvalue weighted by Crippen LogP contribution is -2.06. The van der Waals surface area contributed by atoms with Gasteiger partial charge in [-0.3, -0.25) is 9.59 Å². The van der Waals surface area contributed by atoms with Gasteiger partial charge in [0.15, 0.2) is 11.6 Å². The summed E-state index contributed by atoms with van der Waals surface area (Å²) in [7, 11) is 0. The molecule has 0 saturated heterocycles. The van der Waals surface area contributed by atoms with Crippen LogP contribution in [0.25, 0.3) is 22.3 Å². The van der Waals surface area contributed by atoms with E-state index < -0.39 is 0 Å². The van der Waals surface area contributed by atoms with Crippen molar-refractivity contribution in [3.63, 3.8) is 0 Å². The number of carbonyl (C=O) groups excluding carboxylic acids is 2. The highest BCUT2D eigenvalue weighted by Gasteiger charge is 2.36. The predicted molar refractivity (Wildman–Crippen MR) is 113 cm³/mol. The summed E-state index contributed by atoms with van der Waals surface area (Å²) in [4.78, 5) is 25.8. The number of ketones is 2. The predicted octanol–water partition coefficient (Wildman–Crippen LogP) is 6.59. The first-order chi connectivity index (χ1) is 13.5. The van der Waals surface area contributed by atoms with Gasteiger partial charge in [-0.1, -0.05) is 47.5 Å². The average molecular weight is 407 g/mol. The number of benzene rings is 3. The van der Waals surface area contributed by atoms with E-state index >= 15 is 0 Å². The van der Waals surface area contributed by atoms with Gasteiger partial charge in [0, 0.05) is 34.0 Å². The van der Waals surface area contributed by atoms with Crippen LogP contribution in [0.1, 0.15) is 44.7 Å². The van der Waals surface area contributed by atoms with Crippen LogP contribution in [0.5, 0.6) is 0 Å².